The van der Waals surface area contributed by atoms with Crippen molar-refractivity contribution in [2.45, 2.75) is 112 Å². The molecule has 0 saturated heterocycles. The van der Waals surface area contributed by atoms with Gasteiger partial charge < -0.3 is 18.3 Å². The fourth-order valence-electron chi connectivity index (χ4n) is 5.82. The van der Waals surface area contributed by atoms with Crippen LogP contribution in [0, 0.1) is 22.7 Å². The van der Waals surface area contributed by atoms with Gasteiger partial charge in [-0.3, -0.25) is 9.88 Å². The fraction of sp³-hybridized carbons (Fsp3) is 0.733. The van der Waals surface area contributed by atoms with E-state index in [1.807, 2.05) is 4.57 Å². The lowest BCUT2D eigenvalue weighted by atomic mass is 9.68. The lowest BCUT2D eigenvalue weighted by Crippen LogP contribution is -2.45. The van der Waals surface area contributed by atoms with Crippen LogP contribution in [0.15, 0.2) is 18.5 Å². The molecule has 3 rings (SSSR count). The van der Waals surface area contributed by atoms with Crippen LogP contribution in [0.25, 0.3) is 11.2 Å². The van der Waals surface area contributed by atoms with Crippen LogP contribution in [0.1, 0.15) is 68.7 Å². The average molecular weight is 618 g/mol. The Hall–Kier alpha value is -2.29. The molecule has 0 bridgehead atoms. The molecule has 234 valence electrons. The molecule has 0 aromatic carbocycles. The highest BCUT2D eigenvalue weighted by atomic mass is 28.3. The number of methoxy groups -OCH3 is 1. The number of anilines is 1. The van der Waals surface area contributed by atoms with Crippen molar-refractivity contribution in [3.63, 3.8) is 0 Å². The largest absolute Gasteiger partial charge is 0.479 e. The maximum atomic E-state index is 12.6. The molecule has 10 nitrogen and oxygen atoms in total. The van der Waals surface area contributed by atoms with Gasteiger partial charge in [0.15, 0.2) is 16.9 Å². The highest BCUT2D eigenvalue weighted by Crippen LogP contribution is 2.58. The van der Waals surface area contributed by atoms with Crippen LogP contribution in [-0.4, -0.2) is 62.5 Å². The number of fused-ring (bicyclic) bond motifs is 1. The quantitative estimate of drug-likeness (QED) is 0.249. The number of amides is 1. The third kappa shape index (κ3) is 7.25. The summed E-state index contributed by atoms with van der Waals surface area (Å²) in [6, 6.07) is 0. The molecular weight excluding hydrogens is 567 g/mol. The molecule has 1 N–H and O–H groups in total. The monoisotopic (exact) mass is 617 g/mol. The molecule has 1 fully saturated rings. The molecule has 1 unspecified atom stereocenters. The number of hydrogen-bond acceptors (Lipinski definition) is 8. The minimum absolute atomic E-state index is 0.0202. The molecule has 2 aromatic rings. The van der Waals surface area contributed by atoms with E-state index in [1.165, 1.54) is 7.11 Å². The van der Waals surface area contributed by atoms with Crippen LogP contribution in [0.4, 0.5) is 10.7 Å². The summed E-state index contributed by atoms with van der Waals surface area (Å²) in [6.45, 7) is 32.3. The fourth-order valence-corrected chi connectivity index (χ4v) is 7.82. The zero-order valence-corrected chi connectivity index (χ0v) is 30.1. The molecule has 1 amide bonds. The van der Waals surface area contributed by atoms with Gasteiger partial charge >= 0.3 is 6.09 Å². The second-order valence-electron chi connectivity index (χ2n) is 14.8. The van der Waals surface area contributed by atoms with Gasteiger partial charge in [0, 0.05) is 12.3 Å². The zero-order valence-electron chi connectivity index (χ0n) is 28.1. The van der Waals surface area contributed by atoms with E-state index in [1.54, 1.807) is 27.1 Å². The number of nitrogens with one attached hydrogen (secondary N) is 1. The van der Waals surface area contributed by atoms with Crippen LogP contribution >= 0.6 is 0 Å². The van der Waals surface area contributed by atoms with Crippen LogP contribution in [-0.2, 0) is 19.3 Å². The van der Waals surface area contributed by atoms with Crippen molar-refractivity contribution in [3.8, 4) is 5.88 Å². The molecule has 42 heavy (non-hydrogen) atoms. The van der Waals surface area contributed by atoms with Crippen LogP contribution < -0.4 is 10.1 Å². The number of aromatic nitrogens is 4. The summed E-state index contributed by atoms with van der Waals surface area (Å²) >= 11 is 0. The Morgan fingerprint density at radius 2 is 1.69 bits per heavy atom. The van der Waals surface area contributed by atoms with E-state index in [0.717, 1.165) is 5.57 Å². The number of rotatable bonds is 8. The van der Waals surface area contributed by atoms with Gasteiger partial charge in [0.05, 0.1) is 19.5 Å². The predicted octanol–water partition coefficient (Wildman–Crippen LogP) is 7.02. The topological polar surface area (TPSA) is 110 Å². The second kappa shape index (κ2) is 12.0. The summed E-state index contributed by atoms with van der Waals surface area (Å²) in [7, 11) is -0.743. The summed E-state index contributed by atoms with van der Waals surface area (Å²) in [6.07, 6.45) is 1.69. The Morgan fingerprint density at radius 3 is 2.17 bits per heavy atom. The van der Waals surface area contributed by atoms with Gasteiger partial charge in [0.2, 0.25) is 29.9 Å². The van der Waals surface area contributed by atoms with Crippen molar-refractivity contribution in [1.82, 2.24) is 19.5 Å². The Labute approximate surface area is 255 Å². The summed E-state index contributed by atoms with van der Waals surface area (Å²) < 4.78 is 26.8. The number of nitrogens with zero attached hydrogens (tertiary/aromatic N) is 4. The minimum Gasteiger partial charge on any atom is -0.479 e. The van der Waals surface area contributed by atoms with E-state index < -0.39 is 35.5 Å². The van der Waals surface area contributed by atoms with Gasteiger partial charge in [-0.15, -0.1) is 0 Å². The van der Waals surface area contributed by atoms with E-state index in [4.69, 9.17) is 29.9 Å². The van der Waals surface area contributed by atoms with Gasteiger partial charge in [0.25, 0.3) is 0 Å². The Bertz CT molecular complexity index is 1290. The minimum atomic E-state index is -1.25. The van der Waals surface area contributed by atoms with Crippen molar-refractivity contribution in [1.29, 1.82) is 0 Å². The molecule has 1 aliphatic carbocycles. The highest BCUT2D eigenvalue weighted by molar-refractivity contribution is 6.48. The first kappa shape index (κ1) is 34.2. The molecule has 2 aromatic heterocycles. The van der Waals surface area contributed by atoms with Gasteiger partial charge in [-0.1, -0.05) is 48.1 Å². The predicted molar refractivity (Wildman–Crippen MR) is 170 cm³/mol. The van der Waals surface area contributed by atoms with Gasteiger partial charge in [-0.05, 0) is 69.3 Å². The first-order valence-electron chi connectivity index (χ1n) is 14.6. The molecule has 2 radical (unpaired) electrons. The summed E-state index contributed by atoms with van der Waals surface area (Å²) in [5, 5.41) is 2.66. The standard InChI is InChI=1S/C30H51N5O5Si2/c1-18-20(22(28(5,6)7)39-41(12)13)19(27(2,3)4)16-30(18,40-42(14)15)35-17-31-21-23(35)32-25(33-24(21)37-11)34-26(36)38-29(8,9)10/h17,19-20,22H,1,16H2,2-15H3,(H,32,33,34,36)/t19-,20-,22?,30-/m0/s1. The molecule has 1 saturated carbocycles. The van der Waals surface area contributed by atoms with E-state index in [9.17, 15) is 4.79 Å². The van der Waals surface area contributed by atoms with E-state index in [-0.39, 0.29) is 40.6 Å². The van der Waals surface area contributed by atoms with Gasteiger partial charge in [-0.25, -0.2) is 9.78 Å². The number of imidazole rings is 1. The molecule has 12 heteroatoms. The second-order valence-corrected chi connectivity index (χ2v) is 18.9. The van der Waals surface area contributed by atoms with Gasteiger partial charge in [-0.2, -0.15) is 9.97 Å². The summed E-state index contributed by atoms with van der Waals surface area (Å²) in [5.74, 6) is 0.507. The molecular formula is C30H51N5O5Si2. The maximum absolute atomic E-state index is 12.6. The van der Waals surface area contributed by atoms with Crippen molar-refractivity contribution in [2.75, 3.05) is 12.4 Å². The van der Waals surface area contributed by atoms with E-state index >= 15 is 0 Å². The first-order valence-corrected chi connectivity index (χ1v) is 19.4. The third-order valence-electron chi connectivity index (χ3n) is 7.42. The number of carbonyl (C=O) groups excluding carboxylic acids is 1. The van der Waals surface area contributed by atoms with Crippen molar-refractivity contribution >= 4 is 41.3 Å². The molecule has 4 atom stereocenters. The van der Waals surface area contributed by atoms with Crippen molar-refractivity contribution in [2.24, 2.45) is 22.7 Å². The number of hydrogen-bond donors (Lipinski definition) is 1. The van der Waals surface area contributed by atoms with E-state index in [2.05, 4.69) is 83.0 Å². The molecule has 1 aliphatic rings. The molecule has 0 spiro atoms. The Balaban J connectivity index is 2.27. The smallest absolute Gasteiger partial charge is 0.414 e. The van der Waals surface area contributed by atoms with E-state index in [0.29, 0.717) is 17.6 Å². The lowest BCUT2D eigenvalue weighted by Gasteiger charge is -2.43. The van der Waals surface area contributed by atoms with Gasteiger partial charge in [0.1, 0.15) is 5.60 Å². The number of carbonyl (C=O) groups is 1. The Morgan fingerprint density at radius 1 is 1.07 bits per heavy atom. The Kier molecular flexibility index (Phi) is 9.78. The highest BCUT2D eigenvalue weighted by Gasteiger charge is 2.58. The van der Waals surface area contributed by atoms with Crippen LogP contribution in [0.3, 0.4) is 0 Å². The summed E-state index contributed by atoms with van der Waals surface area (Å²) in [5.41, 5.74) is 0.0930. The van der Waals surface area contributed by atoms with Crippen LogP contribution in [0.2, 0.25) is 26.2 Å². The zero-order chi connectivity index (χ0) is 32.0. The molecule has 0 aliphatic heterocycles. The SMILES string of the molecule is C=C1[C@H](C(O[Si](C)C)C(C)(C)C)[C@@H](C(C)(C)C)C[C@@]1(O[Si](C)C)n1cnc2c(OC)nc(NC(=O)OC(C)(C)C)nc21. The van der Waals surface area contributed by atoms with Crippen molar-refractivity contribution in [3.05, 3.63) is 18.5 Å². The summed E-state index contributed by atoms with van der Waals surface area (Å²) in [4.78, 5) is 26.5. The molecule has 2 heterocycles. The first-order chi connectivity index (χ1) is 19.1. The average Bonchev–Trinajstić information content (AvgIpc) is 3.34. The third-order valence-corrected chi connectivity index (χ3v) is 8.89. The lowest BCUT2D eigenvalue weighted by molar-refractivity contribution is 0.00573. The van der Waals surface area contributed by atoms with Crippen LogP contribution in [0.5, 0.6) is 5.88 Å². The number of ether oxygens (including phenoxy) is 2. The normalized spacial score (nSPS) is 22.7. The van der Waals surface area contributed by atoms with Crippen molar-refractivity contribution < 1.29 is 23.1 Å². The maximum Gasteiger partial charge on any atom is 0.414 e.